The van der Waals surface area contributed by atoms with Crippen LogP contribution in [0.25, 0.3) is 0 Å². The molecule has 0 saturated carbocycles. The predicted octanol–water partition coefficient (Wildman–Crippen LogP) is -0.355. The molecule has 0 aromatic carbocycles. The molecule has 0 radical (unpaired) electrons. The summed E-state index contributed by atoms with van der Waals surface area (Å²) in [5.41, 5.74) is 3.75. The van der Waals surface area contributed by atoms with Gasteiger partial charge in [0.1, 0.15) is 0 Å². The van der Waals surface area contributed by atoms with Gasteiger partial charge in [-0.15, -0.1) is 0 Å². The molecule has 1 fully saturated rings. The van der Waals surface area contributed by atoms with Crippen LogP contribution < -0.4 is 11.3 Å². The zero-order valence-electron chi connectivity index (χ0n) is 10.5. The van der Waals surface area contributed by atoms with Crippen LogP contribution >= 0.6 is 0 Å². The Bertz CT molecular complexity index is 353. The summed E-state index contributed by atoms with van der Waals surface area (Å²) < 4.78 is 7.57. The highest BCUT2D eigenvalue weighted by atomic mass is 16.5. The minimum atomic E-state index is -0.0504. The zero-order chi connectivity index (χ0) is 12.3. The largest absolute Gasteiger partial charge is 0.373 e. The van der Waals surface area contributed by atoms with Crippen molar-refractivity contribution in [2.75, 3.05) is 26.2 Å². The van der Waals surface area contributed by atoms with Gasteiger partial charge in [-0.3, -0.25) is 15.4 Å². The monoisotopic (exact) mass is 239 g/mol. The zero-order valence-corrected chi connectivity index (χ0v) is 10.5. The third-order valence-electron chi connectivity index (χ3n) is 3.23. The molecule has 2 rings (SSSR count). The average Bonchev–Trinajstić information content (AvgIpc) is 2.77. The first-order valence-corrected chi connectivity index (χ1v) is 6.04. The van der Waals surface area contributed by atoms with Crippen molar-refractivity contribution in [2.45, 2.75) is 19.1 Å². The first-order valence-electron chi connectivity index (χ1n) is 6.04. The van der Waals surface area contributed by atoms with Crippen molar-refractivity contribution < 1.29 is 4.74 Å². The highest BCUT2D eigenvalue weighted by molar-refractivity contribution is 5.08. The quantitative estimate of drug-likeness (QED) is 0.555. The topological polar surface area (TPSA) is 68.3 Å². The Balaban J connectivity index is 2.07. The van der Waals surface area contributed by atoms with E-state index in [4.69, 9.17) is 10.6 Å². The molecule has 0 amide bonds. The van der Waals surface area contributed by atoms with Gasteiger partial charge in [-0.05, 0) is 12.6 Å². The average molecular weight is 239 g/mol. The fraction of sp³-hybridized carbons (Fsp3) is 0.727. The van der Waals surface area contributed by atoms with Crippen molar-refractivity contribution in [3.05, 3.63) is 18.0 Å². The standard InChI is InChI=1S/C11H21N5O/c1-3-16-6-7-17-10(8-16)11(13-12)9-4-5-15(2)14-9/h4-5,10-11,13H,3,6-8,12H2,1-2H3. The molecule has 1 saturated heterocycles. The smallest absolute Gasteiger partial charge is 0.0925 e. The number of hydrogen-bond donors (Lipinski definition) is 2. The van der Waals surface area contributed by atoms with Crippen molar-refractivity contribution in [2.24, 2.45) is 12.9 Å². The van der Waals surface area contributed by atoms with Gasteiger partial charge >= 0.3 is 0 Å². The summed E-state index contributed by atoms with van der Waals surface area (Å²) in [6.07, 6.45) is 1.98. The van der Waals surface area contributed by atoms with E-state index >= 15 is 0 Å². The van der Waals surface area contributed by atoms with E-state index in [1.165, 1.54) is 0 Å². The van der Waals surface area contributed by atoms with Crippen LogP contribution in [0.15, 0.2) is 12.3 Å². The van der Waals surface area contributed by atoms with E-state index < -0.39 is 0 Å². The van der Waals surface area contributed by atoms with Gasteiger partial charge in [-0.1, -0.05) is 6.92 Å². The maximum absolute atomic E-state index is 5.79. The number of morpholine rings is 1. The number of likely N-dealkylation sites (N-methyl/N-ethyl adjacent to an activating group) is 1. The highest BCUT2D eigenvalue weighted by Gasteiger charge is 2.29. The first kappa shape index (κ1) is 12.5. The van der Waals surface area contributed by atoms with Crippen LogP contribution in [0.1, 0.15) is 18.7 Å². The minimum absolute atomic E-state index is 0.0504. The summed E-state index contributed by atoms with van der Waals surface area (Å²) in [5, 5.41) is 4.38. The number of hydrazine groups is 1. The van der Waals surface area contributed by atoms with Crippen LogP contribution in [-0.4, -0.2) is 47.0 Å². The second kappa shape index (κ2) is 5.59. The molecule has 17 heavy (non-hydrogen) atoms. The van der Waals surface area contributed by atoms with Gasteiger partial charge in [-0.25, -0.2) is 5.43 Å². The number of ether oxygens (including phenoxy) is 1. The molecule has 2 unspecified atom stereocenters. The van der Waals surface area contributed by atoms with Crippen LogP contribution in [0, 0.1) is 0 Å². The highest BCUT2D eigenvalue weighted by Crippen LogP contribution is 2.20. The van der Waals surface area contributed by atoms with E-state index in [-0.39, 0.29) is 12.1 Å². The molecule has 1 aliphatic rings. The van der Waals surface area contributed by atoms with Gasteiger partial charge in [0, 0.05) is 26.3 Å². The van der Waals surface area contributed by atoms with Crippen molar-refractivity contribution in [3.63, 3.8) is 0 Å². The number of aryl methyl sites for hydroxylation is 1. The molecule has 6 heteroatoms. The second-order valence-electron chi connectivity index (χ2n) is 4.36. The van der Waals surface area contributed by atoms with Gasteiger partial charge in [0.05, 0.1) is 24.4 Å². The maximum atomic E-state index is 5.79. The molecule has 2 atom stereocenters. The van der Waals surface area contributed by atoms with E-state index in [9.17, 15) is 0 Å². The second-order valence-corrected chi connectivity index (χ2v) is 4.36. The molecule has 6 nitrogen and oxygen atoms in total. The summed E-state index contributed by atoms with van der Waals surface area (Å²) in [7, 11) is 1.90. The lowest BCUT2D eigenvalue weighted by Gasteiger charge is -2.35. The van der Waals surface area contributed by atoms with Gasteiger partial charge < -0.3 is 4.74 Å². The first-order chi connectivity index (χ1) is 8.24. The summed E-state index contributed by atoms with van der Waals surface area (Å²) in [6, 6.07) is 1.92. The normalized spacial score (nSPS) is 23.8. The Labute approximate surface area is 102 Å². The summed E-state index contributed by atoms with van der Waals surface area (Å²) >= 11 is 0. The van der Waals surface area contributed by atoms with E-state index in [1.54, 1.807) is 4.68 Å². The van der Waals surface area contributed by atoms with Crippen molar-refractivity contribution in [1.29, 1.82) is 0 Å². The summed E-state index contributed by atoms with van der Waals surface area (Å²) in [6.45, 7) is 5.84. The van der Waals surface area contributed by atoms with Crippen LogP contribution in [0.4, 0.5) is 0 Å². The number of hydrogen-bond acceptors (Lipinski definition) is 5. The lowest BCUT2D eigenvalue weighted by Crippen LogP contribution is -2.49. The third kappa shape index (κ3) is 2.84. The summed E-state index contributed by atoms with van der Waals surface area (Å²) in [5.74, 6) is 5.63. The van der Waals surface area contributed by atoms with Gasteiger partial charge in [0.25, 0.3) is 0 Å². The van der Waals surface area contributed by atoms with Gasteiger partial charge in [0.2, 0.25) is 0 Å². The lowest BCUT2D eigenvalue weighted by atomic mass is 10.1. The van der Waals surface area contributed by atoms with Crippen molar-refractivity contribution >= 4 is 0 Å². The molecule has 1 aliphatic heterocycles. The fourth-order valence-corrected chi connectivity index (χ4v) is 2.20. The van der Waals surface area contributed by atoms with Crippen LogP contribution in [0.5, 0.6) is 0 Å². The van der Waals surface area contributed by atoms with Crippen molar-refractivity contribution in [3.8, 4) is 0 Å². The number of nitrogens with zero attached hydrogens (tertiary/aromatic N) is 3. The Morgan fingerprint density at radius 3 is 3.12 bits per heavy atom. The summed E-state index contributed by atoms with van der Waals surface area (Å²) in [4.78, 5) is 2.36. The van der Waals surface area contributed by atoms with Crippen molar-refractivity contribution in [1.82, 2.24) is 20.1 Å². The molecule has 0 aliphatic carbocycles. The Kier molecular flexibility index (Phi) is 4.11. The van der Waals surface area contributed by atoms with E-state index in [1.807, 2.05) is 19.3 Å². The van der Waals surface area contributed by atoms with E-state index in [0.29, 0.717) is 0 Å². The van der Waals surface area contributed by atoms with E-state index in [2.05, 4.69) is 22.3 Å². The lowest BCUT2D eigenvalue weighted by molar-refractivity contribution is -0.0464. The molecule has 1 aromatic rings. The fourth-order valence-electron chi connectivity index (χ4n) is 2.20. The molecule has 1 aromatic heterocycles. The Morgan fingerprint density at radius 2 is 2.53 bits per heavy atom. The maximum Gasteiger partial charge on any atom is 0.0925 e. The number of aromatic nitrogens is 2. The molecule has 2 heterocycles. The van der Waals surface area contributed by atoms with Crippen LogP contribution in [-0.2, 0) is 11.8 Å². The predicted molar refractivity (Wildman–Crippen MR) is 65.1 cm³/mol. The van der Waals surface area contributed by atoms with Crippen LogP contribution in [0.3, 0.4) is 0 Å². The molecular formula is C11H21N5O. The number of rotatable bonds is 4. The molecule has 3 N–H and O–H groups in total. The van der Waals surface area contributed by atoms with Gasteiger partial charge in [-0.2, -0.15) is 5.10 Å². The number of nitrogens with two attached hydrogens (primary N) is 1. The molecular weight excluding hydrogens is 218 g/mol. The van der Waals surface area contributed by atoms with Gasteiger partial charge in [0.15, 0.2) is 0 Å². The van der Waals surface area contributed by atoms with Crippen LogP contribution in [0.2, 0.25) is 0 Å². The third-order valence-corrected chi connectivity index (χ3v) is 3.23. The van der Waals surface area contributed by atoms with E-state index in [0.717, 1.165) is 31.9 Å². The number of nitrogens with one attached hydrogen (secondary N) is 1. The molecule has 0 bridgehead atoms. The SMILES string of the molecule is CCN1CCOC(C(NN)c2ccn(C)n2)C1. The molecule has 96 valence electrons. The Hall–Kier alpha value is -0.950. The Morgan fingerprint density at radius 1 is 1.71 bits per heavy atom. The molecule has 0 spiro atoms. The minimum Gasteiger partial charge on any atom is -0.373 e.